The van der Waals surface area contributed by atoms with Crippen molar-refractivity contribution in [2.75, 3.05) is 19.7 Å². The predicted octanol–water partition coefficient (Wildman–Crippen LogP) is 5.84. The van der Waals surface area contributed by atoms with Crippen LogP contribution in [0.15, 0.2) is 9.42 Å². The van der Waals surface area contributed by atoms with Gasteiger partial charge in [-0.15, -0.1) is 24.2 Å². The van der Waals surface area contributed by atoms with Gasteiger partial charge in [0.25, 0.3) is 11.8 Å². The van der Waals surface area contributed by atoms with Crippen LogP contribution in [0.2, 0.25) is 0 Å². The van der Waals surface area contributed by atoms with Gasteiger partial charge in [-0.3, -0.25) is 4.79 Å². The van der Waals surface area contributed by atoms with E-state index < -0.39 is 0 Å². The number of fused-ring (bicyclic) bond motifs is 2. The molecule has 2 N–H and O–H groups in total. The number of nitrogens with zero attached hydrogens (tertiary/aromatic N) is 1. The molecule has 2 heterocycles. The number of ether oxygens (including phenoxy) is 1. The molecule has 3 atom stereocenters. The number of piperidine rings is 1. The van der Waals surface area contributed by atoms with Crippen molar-refractivity contribution in [3.8, 4) is 5.88 Å². The highest BCUT2D eigenvalue weighted by molar-refractivity contribution is 8.00. The number of carbonyl (C=O) groups is 1. The first-order valence-electron chi connectivity index (χ1n) is 13.2. The maximum absolute atomic E-state index is 13.5. The fourth-order valence-corrected chi connectivity index (χ4v) is 8.18. The summed E-state index contributed by atoms with van der Waals surface area (Å²) in [5, 5.41) is 11.5. The molecular formula is C26H42ClN3O3S. The molecule has 4 fully saturated rings. The van der Waals surface area contributed by atoms with E-state index in [-0.39, 0.29) is 35.2 Å². The maximum Gasteiger partial charge on any atom is 0.291 e. The smallest absolute Gasteiger partial charge is 0.291 e. The molecule has 192 valence electrons. The van der Waals surface area contributed by atoms with Gasteiger partial charge in [-0.1, -0.05) is 40.0 Å². The van der Waals surface area contributed by atoms with Crippen molar-refractivity contribution in [1.29, 1.82) is 0 Å². The van der Waals surface area contributed by atoms with Crippen molar-refractivity contribution < 1.29 is 14.1 Å². The number of hydrogen-bond acceptors (Lipinski definition) is 6. The lowest BCUT2D eigenvalue weighted by Crippen LogP contribution is -2.46. The maximum atomic E-state index is 13.5. The molecule has 3 aliphatic carbocycles. The summed E-state index contributed by atoms with van der Waals surface area (Å²) in [6, 6.07) is 0.190. The summed E-state index contributed by atoms with van der Waals surface area (Å²) in [6.07, 6.45) is 11.9. The molecule has 1 aliphatic heterocycles. The third-order valence-electron chi connectivity index (χ3n) is 9.68. The lowest BCUT2D eigenvalue weighted by Gasteiger charge is -2.39. The molecule has 6 nitrogen and oxygen atoms in total. The molecule has 34 heavy (non-hydrogen) atoms. The molecule has 8 heteroatoms. The highest BCUT2D eigenvalue weighted by Gasteiger charge is 2.61. The van der Waals surface area contributed by atoms with E-state index in [0.717, 1.165) is 37.2 Å². The van der Waals surface area contributed by atoms with Gasteiger partial charge in [0, 0.05) is 11.3 Å². The van der Waals surface area contributed by atoms with Crippen LogP contribution in [0.4, 0.5) is 0 Å². The van der Waals surface area contributed by atoms with Crippen molar-refractivity contribution >= 4 is 30.1 Å². The molecule has 2 bridgehead atoms. The second kappa shape index (κ2) is 10.6. The number of amides is 1. The third-order valence-corrected chi connectivity index (χ3v) is 11.1. The Hall–Kier alpha value is -0.920. The van der Waals surface area contributed by atoms with Crippen LogP contribution >= 0.6 is 24.2 Å². The van der Waals surface area contributed by atoms with Crippen molar-refractivity contribution in [3.63, 3.8) is 0 Å². The molecule has 1 aromatic rings. The third kappa shape index (κ3) is 4.86. The number of hydrogen-bond donors (Lipinski definition) is 2. The summed E-state index contributed by atoms with van der Waals surface area (Å²) in [4.78, 5) is 14.3. The van der Waals surface area contributed by atoms with Crippen LogP contribution in [-0.2, 0) is 0 Å². The molecular weight excluding hydrogens is 470 g/mol. The molecule has 1 amide bonds. The summed E-state index contributed by atoms with van der Waals surface area (Å²) in [7, 11) is 0. The lowest BCUT2D eigenvalue weighted by molar-refractivity contribution is 0.0789. The first-order chi connectivity index (χ1) is 15.9. The Kier molecular flexibility index (Phi) is 8.15. The quantitative estimate of drug-likeness (QED) is 0.478. The summed E-state index contributed by atoms with van der Waals surface area (Å²) < 4.78 is 11.9. The molecule has 4 aliphatic rings. The number of halogens is 1. The van der Waals surface area contributed by atoms with E-state index in [1.807, 2.05) is 0 Å². The zero-order valence-corrected chi connectivity index (χ0v) is 22.6. The molecule has 0 radical (unpaired) electrons. The fraction of sp³-hybridized carbons (Fsp3) is 0.846. The molecule has 1 aromatic heterocycles. The first-order valence-corrected chi connectivity index (χ1v) is 14.1. The van der Waals surface area contributed by atoms with Crippen LogP contribution in [0.5, 0.6) is 5.88 Å². The summed E-state index contributed by atoms with van der Waals surface area (Å²) in [6.45, 7) is 9.84. The largest absolute Gasteiger partial charge is 0.474 e. The van der Waals surface area contributed by atoms with Gasteiger partial charge < -0.3 is 19.9 Å². The fourth-order valence-electron chi connectivity index (χ4n) is 6.85. The number of aromatic nitrogens is 1. The number of thioether (sulfide) groups is 1. The van der Waals surface area contributed by atoms with Crippen LogP contribution in [0.3, 0.4) is 0 Å². The van der Waals surface area contributed by atoms with Gasteiger partial charge in [0.1, 0.15) is 4.90 Å². The Bertz CT molecular complexity index is 850. The average Bonchev–Trinajstić information content (AvgIpc) is 3.38. The van der Waals surface area contributed by atoms with Crippen molar-refractivity contribution in [1.82, 2.24) is 15.8 Å². The van der Waals surface area contributed by atoms with Crippen LogP contribution < -0.4 is 15.4 Å². The second-order valence-electron chi connectivity index (χ2n) is 11.7. The Morgan fingerprint density at radius 1 is 1.15 bits per heavy atom. The van der Waals surface area contributed by atoms with E-state index in [1.54, 1.807) is 11.8 Å². The van der Waals surface area contributed by atoms with Crippen LogP contribution in [0, 0.1) is 22.7 Å². The molecule has 1 saturated heterocycles. The van der Waals surface area contributed by atoms with E-state index in [9.17, 15) is 4.79 Å². The van der Waals surface area contributed by atoms with Crippen molar-refractivity contribution in [3.05, 3.63) is 5.76 Å². The molecule has 0 spiro atoms. The number of carbonyl (C=O) groups excluding carboxylic acids is 1. The molecule has 5 rings (SSSR count). The highest BCUT2D eigenvalue weighted by atomic mass is 35.5. The van der Waals surface area contributed by atoms with Crippen molar-refractivity contribution in [2.45, 2.75) is 101 Å². The number of nitrogens with one attached hydrogen (secondary N) is 2. The van der Waals surface area contributed by atoms with E-state index in [0.29, 0.717) is 35.3 Å². The van der Waals surface area contributed by atoms with Gasteiger partial charge in [0.05, 0.1) is 6.61 Å². The zero-order valence-electron chi connectivity index (χ0n) is 21.0. The Morgan fingerprint density at radius 2 is 1.88 bits per heavy atom. The van der Waals surface area contributed by atoms with E-state index in [4.69, 9.17) is 9.26 Å². The Balaban J connectivity index is 0.00000274. The minimum absolute atomic E-state index is 0. The SMILES string of the molecule is CC1(C)[C@H]2CC[C@]1(C)[C@@H](NC(=O)c1onc(OCC3CCNCC3)c1SC1CCCCC1)C2.Cl. The highest BCUT2D eigenvalue weighted by Crippen LogP contribution is 2.65. The van der Waals surface area contributed by atoms with Gasteiger partial charge >= 0.3 is 0 Å². The lowest BCUT2D eigenvalue weighted by atomic mass is 9.69. The topological polar surface area (TPSA) is 76.4 Å². The van der Waals surface area contributed by atoms with Crippen LogP contribution in [0.1, 0.15) is 95.5 Å². The van der Waals surface area contributed by atoms with Gasteiger partial charge in [0.15, 0.2) is 0 Å². The number of rotatable bonds is 7. The molecule has 3 saturated carbocycles. The zero-order chi connectivity index (χ0) is 23.1. The van der Waals surface area contributed by atoms with Crippen molar-refractivity contribution in [2.24, 2.45) is 22.7 Å². The second-order valence-corrected chi connectivity index (χ2v) is 13.0. The standard InChI is InChI=1S/C26H41N3O3S.ClH/c1-25(2)18-9-12-26(25,3)20(15-18)28-23(30)21-22(33-19-7-5-4-6-8-19)24(29-32-21)31-16-17-10-13-27-14-11-17;/h17-20,27H,4-16H2,1-3H3,(H,28,30);1H/t18-,20-,26+;/m0./s1. The van der Waals surface area contributed by atoms with E-state index >= 15 is 0 Å². The molecule has 0 aromatic carbocycles. The summed E-state index contributed by atoms with van der Waals surface area (Å²) >= 11 is 1.76. The van der Waals surface area contributed by atoms with Gasteiger partial charge in [-0.2, -0.15) is 0 Å². The molecule has 0 unspecified atom stereocenters. The minimum atomic E-state index is -0.118. The predicted molar refractivity (Wildman–Crippen MR) is 138 cm³/mol. The summed E-state index contributed by atoms with van der Waals surface area (Å²) in [5.41, 5.74) is 0.396. The van der Waals surface area contributed by atoms with Gasteiger partial charge in [0.2, 0.25) is 5.76 Å². The monoisotopic (exact) mass is 511 g/mol. The summed E-state index contributed by atoms with van der Waals surface area (Å²) in [5.74, 6) is 1.97. The normalized spacial score (nSPS) is 31.3. The Labute approximate surface area is 214 Å². The minimum Gasteiger partial charge on any atom is -0.474 e. The van der Waals surface area contributed by atoms with E-state index in [2.05, 4.69) is 36.6 Å². The first kappa shape index (κ1) is 26.2. The van der Waals surface area contributed by atoms with Crippen LogP contribution in [-0.4, -0.2) is 42.1 Å². The van der Waals surface area contributed by atoms with E-state index in [1.165, 1.54) is 44.9 Å². The average molecular weight is 512 g/mol. The van der Waals surface area contributed by atoms with Gasteiger partial charge in [-0.25, -0.2) is 0 Å². The van der Waals surface area contributed by atoms with Crippen LogP contribution in [0.25, 0.3) is 0 Å². The Morgan fingerprint density at radius 3 is 2.53 bits per heavy atom. The van der Waals surface area contributed by atoms with Gasteiger partial charge in [-0.05, 0) is 85.9 Å².